The van der Waals surface area contributed by atoms with Crippen LogP contribution in [-0.4, -0.2) is 35.9 Å². The molecule has 0 bridgehead atoms. The predicted octanol–water partition coefficient (Wildman–Crippen LogP) is 2.06. The molecule has 0 radical (unpaired) electrons. The molecule has 2 amide bonds. The topological polar surface area (TPSA) is 91.2 Å². The molecule has 1 aromatic heterocycles. The molecule has 0 spiro atoms. The fourth-order valence-corrected chi connectivity index (χ4v) is 3.94. The van der Waals surface area contributed by atoms with Crippen molar-refractivity contribution in [3.05, 3.63) is 28.7 Å². The Morgan fingerprint density at radius 3 is 2.86 bits per heavy atom. The molecular weight excluding hydrogens is 359 g/mol. The average Bonchev–Trinajstić information content (AvgIpc) is 2.91. The van der Waals surface area contributed by atoms with Crippen LogP contribution in [0.3, 0.4) is 0 Å². The highest BCUT2D eigenvalue weighted by Crippen LogP contribution is 2.37. The smallest absolute Gasteiger partial charge is 0.296 e. The van der Waals surface area contributed by atoms with Gasteiger partial charge in [0.2, 0.25) is 5.91 Å². The van der Waals surface area contributed by atoms with Crippen molar-refractivity contribution in [3.63, 3.8) is 0 Å². The van der Waals surface area contributed by atoms with Gasteiger partial charge in [0.1, 0.15) is 5.82 Å². The van der Waals surface area contributed by atoms with Gasteiger partial charge >= 0.3 is 0 Å². The predicted molar refractivity (Wildman–Crippen MR) is 107 cm³/mol. The van der Waals surface area contributed by atoms with Crippen LogP contribution >= 0.6 is 0 Å². The van der Waals surface area contributed by atoms with Gasteiger partial charge in [0.15, 0.2) is 0 Å². The number of nitrogens with zero attached hydrogens (tertiary/aromatic N) is 1. The number of nitrogens with two attached hydrogens (primary N) is 1. The third-order valence-corrected chi connectivity index (χ3v) is 5.26. The summed E-state index contributed by atoms with van der Waals surface area (Å²) < 4.78 is 15.2. The largest absolute Gasteiger partial charge is 0.369 e. The fraction of sp³-hybridized carbons (Fsp3) is 0.429. The Morgan fingerprint density at radius 1 is 1.43 bits per heavy atom. The van der Waals surface area contributed by atoms with E-state index in [4.69, 9.17) is 5.73 Å². The van der Waals surface area contributed by atoms with E-state index < -0.39 is 5.91 Å². The number of nitrogens with one attached hydrogen (secondary N) is 2. The molecule has 1 aliphatic rings. The minimum Gasteiger partial charge on any atom is -0.369 e. The minimum absolute atomic E-state index is 0.0263. The molecule has 1 saturated heterocycles. The zero-order valence-electron chi connectivity index (χ0n) is 16.4. The Kier molecular flexibility index (Phi) is 5.59. The lowest BCUT2D eigenvalue weighted by Crippen LogP contribution is -2.47. The van der Waals surface area contributed by atoms with Crippen molar-refractivity contribution in [2.75, 3.05) is 18.0 Å². The van der Waals surface area contributed by atoms with Crippen molar-refractivity contribution >= 4 is 28.4 Å². The Labute approximate surface area is 163 Å². The standard InChI is InChI=1S/C21H25FN4O2/c1-4-6-18(28)25-15-7-5-8-26(11-15)21-16(22)9-14(10-17(23)27)20-19(21)12(2)13(3)24-20/h9,15,24H,5,7-8,10-11H2,1-3H3,(H2,23,27)(H,25,28)/t15-/m1/s1. The van der Waals surface area contributed by atoms with E-state index in [1.807, 2.05) is 18.7 Å². The van der Waals surface area contributed by atoms with Gasteiger partial charge in [-0.05, 0) is 56.7 Å². The highest BCUT2D eigenvalue weighted by molar-refractivity contribution is 6.00. The zero-order valence-corrected chi connectivity index (χ0v) is 16.4. The second kappa shape index (κ2) is 7.93. The number of piperidine rings is 1. The van der Waals surface area contributed by atoms with Crippen molar-refractivity contribution in [3.8, 4) is 11.8 Å². The molecule has 2 aromatic rings. The summed E-state index contributed by atoms with van der Waals surface area (Å²) in [6.07, 6.45) is 1.63. The quantitative estimate of drug-likeness (QED) is 0.705. The van der Waals surface area contributed by atoms with Gasteiger partial charge in [-0.3, -0.25) is 9.59 Å². The van der Waals surface area contributed by atoms with Crippen molar-refractivity contribution in [1.82, 2.24) is 10.3 Å². The zero-order chi connectivity index (χ0) is 20.4. The summed E-state index contributed by atoms with van der Waals surface area (Å²) in [5, 5.41) is 3.67. The van der Waals surface area contributed by atoms with E-state index >= 15 is 4.39 Å². The monoisotopic (exact) mass is 384 g/mol. The summed E-state index contributed by atoms with van der Waals surface area (Å²) in [6, 6.07) is 1.30. The molecule has 1 atom stereocenters. The third kappa shape index (κ3) is 3.81. The number of benzene rings is 1. The molecule has 28 heavy (non-hydrogen) atoms. The third-order valence-electron chi connectivity index (χ3n) is 5.26. The van der Waals surface area contributed by atoms with Gasteiger partial charge in [0.05, 0.1) is 17.6 Å². The van der Waals surface area contributed by atoms with E-state index in [1.54, 1.807) is 6.92 Å². The number of fused-ring (bicyclic) bond motifs is 1. The van der Waals surface area contributed by atoms with Gasteiger partial charge in [-0.1, -0.05) is 5.92 Å². The van der Waals surface area contributed by atoms with Gasteiger partial charge in [0, 0.05) is 30.2 Å². The molecule has 1 aromatic carbocycles. The molecule has 0 aliphatic carbocycles. The summed E-state index contributed by atoms with van der Waals surface area (Å²) >= 11 is 0. The van der Waals surface area contributed by atoms with Crippen molar-refractivity contribution in [1.29, 1.82) is 0 Å². The van der Waals surface area contributed by atoms with Gasteiger partial charge in [-0.15, -0.1) is 0 Å². The lowest BCUT2D eigenvalue weighted by molar-refractivity contribution is -0.117. The highest BCUT2D eigenvalue weighted by Gasteiger charge is 2.27. The maximum atomic E-state index is 15.2. The lowest BCUT2D eigenvalue weighted by atomic mass is 9.99. The lowest BCUT2D eigenvalue weighted by Gasteiger charge is -2.35. The Bertz CT molecular complexity index is 999. The number of halogens is 1. The number of primary amides is 1. The maximum absolute atomic E-state index is 15.2. The molecule has 6 nitrogen and oxygen atoms in total. The SMILES string of the molecule is CC#CC(=O)N[C@@H]1CCCN(c2c(F)cc(CC(N)=O)c3[nH]c(C)c(C)c23)C1. The minimum atomic E-state index is -0.504. The summed E-state index contributed by atoms with van der Waals surface area (Å²) in [4.78, 5) is 28.5. The molecule has 0 saturated carbocycles. The van der Waals surface area contributed by atoms with Crippen LogP contribution in [0.4, 0.5) is 10.1 Å². The van der Waals surface area contributed by atoms with Gasteiger partial charge < -0.3 is 20.9 Å². The fourth-order valence-electron chi connectivity index (χ4n) is 3.94. The first-order chi connectivity index (χ1) is 13.3. The molecule has 148 valence electrons. The first-order valence-electron chi connectivity index (χ1n) is 9.38. The number of aryl methyl sites for hydroxylation is 2. The van der Waals surface area contributed by atoms with E-state index in [1.165, 1.54) is 6.07 Å². The van der Waals surface area contributed by atoms with Crippen LogP contribution in [0.15, 0.2) is 6.07 Å². The number of carbonyl (C=O) groups excluding carboxylic acids is 2. The van der Waals surface area contributed by atoms with Gasteiger partial charge in [-0.25, -0.2) is 4.39 Å². The molecule has 2 heterocycles. The van der Waals surface area contributed by atoms with Crippen LogP contribution in [0.1, 0.15) is 36.6 Å². The van der Waals surface area contributed by atoms with Crippen molar-refractivity contribution in [2.24, 2.45) is 5.73 Å². The number of hydrogen-bond donors (Lipinski definition) is 3. The molecular formula is C21H25FN4O2. The highest BCUT2D eigenvalue weighted by atomic mass is 19.1. The van der Waals surface area contributed by atoms with E-state index in [9.17, 15) is 9.59 Å². The first kappa shape index (κ1) is 19.7. The van der Waals surface area contributed by atoms with Gasteiger partial charge in [0.25, 0.3) is 5.91 Å². The van der Waals surface area contributed by atoms with E-state index in [-0.39, 0.29) is 24.2 Å². The second-order valence-electron chi connectivity index (χ2n) is 7.27. The summed E-state index contributed by atoms with van der Waals surface area (Å²) in [5.74, 6) is 3.87. The number of aromatic nitrogens is 1. The molecule has 0 unspecified atom stereocenters. The number of aromatic amines is 1. The summed E-state index contributed by atoms with van der Waals surface area (Å²) in [6.45, 7) is 6.67. The second-order valence-corrected chi connectivity index (χ2v) is 7.27. The maximum Gasteiger partial charge on any atom is 0.296 e. The van der Waals surface area contributed by atoms with Crippen LogP contribution in [-0.2, 0) is 16.0 Å². The summed E-state index contributed by atoms with van der Waals surface area (Å²) in [5.41, 5.74) is 9.01. The van der Waals surface area contributed by atoms with Crippen LogP contribution < -0.4 is 16.0 Å². The number of H-pyrrole nitrogens is 1. The first-order valence-corrected chi connectivity index (χ1v) is 9.38. The van der Waals surface area contributed by atoms with Crippen LogP contribution in [0.25, 0.3) is 10.9 Å². The Hall–Kier alpha value is -3.01. The van der Waals surface area contributed by atoms with E-state index in [0.717, 1.165) is 35.0 Å². The van der Waals surface area contributed by atoms with E-state index in [2.05, 4.69) is 22.1 Å². The number of hydrogen-bond acceptors (Lipinski definition) is 3. The molecule has 1 fully saturated rings. The van der Waals surface area contributed by atoms with Crippen LogP contribution in [0.5, 0.6) is 0 Å². The molecule has 3 rings (SSSR count). The van der Waals surface area contributed by atoms with Gasteiger partial charge in [-0.2, -0.15) is 0 Å². The van der Waals surface area contributed by atoms with Crippen molar-refractivity contribution in [2.45, 2.75) is 46.1 Å². The Morgan fingerprint density at radius 2 is 2.18 bits per heavy atom. The molecule has 7 heteroatoms. The van der Waals surface area contributed by atoms with E-state index in [0.29, 0.717) is 24.3 Å². The number of carbonyl (C=O) groups is 2. The number of rotatable bonds is 4. The molecule has 4 N–H and O–H groups in total. The average molecular weight is 384 g/mol. The molecule has 1 aliphatic heterocycles. The van der Waals surface area contributed by atoms with Crippen LogP contribution in [0.2, 0.25) is 0 Å². The number of amides is 2. The Balaban J connectivity index is 2.02. The summed E-state index contributed by atoms with van der Waals surface area (Å²) in [7, 11) is 0. The van der Waals surface area contributed by atoms with Crippen LogP contribution in [0, 0.1) is 31.5 Å². The van der Waals surface area contributed by atoms with Crippen molar-refractivity contribution < 1.29 is 14.0 Å². The normalized spacial score (nSPS) is 16.6. The number of anilines is 1.